The molecule has 0 fully saturated rings. The average molecular weight is 362 g/mol. The number of carbonyl (C=O) groups is 1. The molecule has 0 saturated heterocycles. The largest absolute Gasteiger partial charge is 0.482 e. The molecule has 8 nitrogen and oxygen atoms in total. The van der Waals surface area contributed by atoms with Gasteiger partial charge in [-0.25, -0.2) is 18.1 Å². The topological polar surface area (TPSA) is 102 Å². The van der Waals surface area contributed by atoms with Crippen LogP contribution in [-0.2, 0) is 27.8 Å². The molecule has 1 aromatic heterocycles. The van der Waals surface area contributed by atoms with Gasteiger partial charge < -0.3 is 14.6 Å². The lowest BCUT2D eigenvalue weighted by molar-refractivity contribution is -0.118. The predicted octanol–water partition coefficient (Wildman–Crippen LogP) is 0.755. The van der Waals surface area contributed by atoms with Gasteiger partial charge >= 0.3 is 0 Å². The molecule has 0 unspecified atom stereocenters. The summed E-state index contributed by atoms with van der Waals surface area (Å²) in [5, 5.41) is 2.62. The van der Waals surface area contributed by atoms with Gasteiger partial charge in [0.05, 0.1) is 10.6 Å². The molecule has 1 amide bonds. The van der Waals surface area contributed by atoms with Crippen LogP contribution in [0, 0.1) is 5.92 Å². The van der Waals surface area contributed by atoms with Crippen molar-refractivity contribution < 1.29 is 17.9 Å². The molecule has 0 radical (unpaired) electrons. The summed E-state index contributed by atoms with van der Waals surface area (Å²) in [5.41, 5.74) is 0.374. The van der Waals surface area contributed by atoms with Crippen molar-refractivity contribution in [1.82, 2.24) is 14.3 Å². The van der Waals surface area contributed by atoms with Gasteiger partial charge in [-0.2, -0.15) is 0 Å². The third-order valence-electron chi connectivity index (χ3n) is 4.51. The van der Waals surface area contributed by atoms with Crippen LogP contribution in [0.3, 0.4) is 0 Å². The molecule has 0 aliphatic carbocycles. The molecule has 2 aliphatic heterocycles. The molecule has 2 aromatic rings. The van der Waals surface area contributed by atoms with Crippen LogP contribution < -0.4 is 14.8 Å². The van der Waals surface area contributed by atoms with E-state index in [1.807, 2.05) is 6.20 Å². The Morgan fingerprint density at radius 3 is 3.16 bits per heavy atom. The second-order valence-corrected chi connectivity index (χ2v) is 8.01. The van der Waals surface area contributed by atoms with Gasteiger partial charge in [-0.05, 0) is 30.5 Å². The lowest BCUT2D eigenvalue weighted by atomic mass is 9.98. The Balaban J connectivity index is 1.45. The van der Waals surface area contributed by atoms with Crippen molar-refractivity contribution >= 4 is 21.6 Å². The monoisotopic (exact) mass is 362 g/mol. The number of imidazole rings is 1. The molecule has 2 aliphatic rings. The zero-order valence-electron chi connectivity index (χ0n) is 13.4. The Morgan fingerprint density at radius 2 is 2.28 bits per heavy atom. The smallest absolute Gasteiger partial charge is 0.262 e. The first-order valence-electron chi connectivity index (χ1n) is 8.08. The highest BCUT2D eigenvalue weighted by Crippen LogP contribution is 2.30. The molecule has 0 saturated carbocycles. The van der Waals surface area contributed by atoms with E-state index in [4.69, 9.17) is 4.74 Å². The molecule has 0 bridgehead atoms. The van der Waals surface area contributed by atoms with E-state index >= 15 is 0 Å². The maximum absolute atomic E-state index is 12.6. The van der Waals surface area contributed by atoms with Crippen molar-refractivity contribution in [3.63, 3.8) is 0 Å². The fourth-order valence-corrected chi connectivity index (χ4v) is 4.27. The molecular formula is C16H18N4O4S. The third kappa shape index (κ3) is 3.24. The first-order chi connectivity index (χ1) is 12.0. The van der Waals surface area contributed by atoms with Crippen molar-refractivity contribution in [3.05, 3.63) is 36.4 Å². The molecule has 2 N–H and O–H groups in total. The van der Waals surface area contributed by atoms with Gasteiger partial charge in [0.15, 0.2) is 6.61 Å². The van der Waals surface area contributed by atoms with Gasteiger partial charge in [0.1, 0.15) is 11.6 Å². The summed E-state index contributed by atoms with van der Waals surface area (Å²) in [6, 6.07) is 4.45. The van der Waals surface area contributed by atoms with Gasteiger partial charge in [-0.3, -0.25) is 4.79 Å². The molecule has 4 rings (SSSR count). The molecule has 1 aromatic carbocycles. The summed E-state index contributed by atoms with van der Waals surface area (Å²) in [5.74, 6) is 1.37. The zero-order chi connectivity index (χ0) is 17.4. The van der Waals surface area contributed by atoms with Gasteiger partial charge in [-0.1, -0.05) is 0 Å². The number of anilines is 1. The average Bonchev–Trinajstić information content (AvgIpc) is 3.07. The van der Waals surface area contributed by atoms with E-state index in [-0.39, 0.29) is 23.3 Å². The van der Waals surface area contributed by atoms with Gasteiger partial charge in [0.2, 0.25) is 10.0 Å². The second kappa shape index (κ2) is 6.16. The van der Waals surface area contributed by atoms with Crippen molar-refractivity contribution in [3.8, 4) is 5.75 Å². The highest BCUT2D eigenvalue weighted by atomic mass is 32.2. The highest BCUT2D eigenvalue weighted by molar-refractivity contribution is 7.89. The molecule has 9 heteroatoms. The number of fused-ring (bicyclic) bond motifs is 2. The first kappa shape index (κ1) is 16.1. The quantitative estimate of drug-likeness (QED) is 0.836. The fourth-order valence-electron chi connectivity index (χ4n) is 3.13. The summed E-state index contributed by atoms with van der Waals surface area (Å²) >= 11 is 0. The Bertz CT molecular complexity index is 922. The van der Waals surface area contributed by atoms with Crippen molar-refractivity contribution in [2.45, 2.75) is 24.3 Å². The molecular weight excluding hydrogens is 344 g/mol. The Labute approximate surface area is 145 Å². The maximum atomic E-state index is 12.6. The zero-order valence-corrected chi connectivity index (χ0v) is 14.3. The van der Waals surface area contributed by atoms with Crippen molar-refractivity contribution in [2.24, 2.45) is 5.92 Å². The number of aryl methyl sites for hydroxylation is 1. The van der Waals surface area contributed by atoms with E-state index in [2.05, 4.69) is 19.6 Å². The Hall–Kier alpha value is -2.39. The molecule has 1 atom stereocenters. The van der Waals surface area contributed by atoms with Crippen LogP contribution in [0.4, 0.5) is 5.69 Å². The van der Waals surface area contributed by atoms with Crippen LogP contribution in [0.25, 0.3) is 0 Å². The minimum absolute atomic E-state index is 0.0607. The summed E-state index contributed by atoms with van der Waals surface area (Å²) in [4.78, 5) is 15.8. The van der Waals surface area contributed by atoms with Crippen LogP contribution in [0.15, 0.2) is 35.5 Å². The van der Waals surface area contributed by atoms with Crippen LogP contribution in [0.2, 0.25) is 0 Å². The Kier molecular flexibility index (Phi) is 3.97. The molecule has 0 spiro atoms. The van der Waals surface area contributed by atoms with Crippen LogP contribution in [0.5, 0.6) is 5.75 Å². The number of amides is 1. The van der Waals surface area contributed by atoms with Gasteiger partial charge in [-0.15, -0.1) is 0 Å². The van der Waals surface area contributed by atoms with Gasteiger partial charge in [0, 0.05) is 31.9 Å². The first-order valence-corrected chi connectivity index (χ1v) is 9.56. The van der Waals surface area contributed by atoms with Crippen molar-refractivity contribution in [1.29, 1.82) is 0 Å². The number of hydrogen-bond acceptors (Lipinski definition) is 5. The van der Waals surface area contributed by atoms with E-state index in [0.29, 0.717) is 18.0 Å². The summed E-state index contributed by atoms with van der Waals surface area (Å²) in [6.07, 6.45) is 5.37. The lowest BCUT2D eigenvalue weighted by Crippen LogP contribution is -2.33. The molecule has 132 valence electrons. The van der Waals surface area contributed by atoms with E-state index in [1.54, 1.807) is 12.3 Å². The normalized spacial score (nSPS) is 19.5. The van der Waals surface area contributed by atoms with E-state index in [9.17, 15) is 13.2 Å². The standard InChI is InChI=1S/C16H18N4O4S/c21-16-10-24-14-2-1-12(8-13(14)19-16)25(22,23)18-9-11-3-5-20-6-4-17-15(20)7-11/h1-2,4,6,8,11,18H,3,5,7,9-10H2,(H,19,21)/t11-/m1/s1. The fraction of sp³-hybridized carbons (Fsp3) is 0.375. The number of carbonyl (C=O) groups excluding carboxylic acids is 1. The molecule has 25 heavy (non-hydrogen) atoms. The van der Waals surface area contributed by atoms with E-state index in [1.165, 1.54) is 12.1 Å². The number of ether oxygens (including phenoxy) is 1. The third-order valence-corrected chi connectivity index (χ3v) is 5.93. The number of nitrogens with zero attached hydrogens (tertiary/aromatic N) is 2. The number of benzene rings is 1. The van der Waals surface area contributed by atoms with Crippen LogP contribution >= 0.6 is 0 Å². The summed E-state index contributed by atoms with van der Waals surface area (Å²) in [6.45, 7) is 1.15. The number of rotatable bonds is 4. The van der Waals surface area contributed by atoms with Crippen LogP contribution in [0.1, 0.15) is 12.2 Å². The van der Waals surface area contributed by atoms with Gasteiger partial charge in [0.25, 0.3) is 5.91 Å². The number of aromatic nitrogens is 2. The van der Waals surface area contributed by atoms with E-state index in [0.717, 1.165) is 25.2 Å². The Morgan fingerprint density at radius 1 is 1.40 bits per heavy atom. The minimum Gasteiger partial charge on any atom is -0.482 e. The molecule has 3 heterocycles. The van der Waals surface area contributed by atoms with Crippen molar-refractivity contribution in [2.75, 3.05) is 18.5 Å². The predicted molar refractivity (Wildman–Crippen MR) is 89.8 cm³/mol. The van der Waals surface area contributed by atoms with Crippen LogP contribution in [-0.4, -0.2) is 37.0 Å². The number of hydrogen-bond donors (Lipinski definition) is 2. The highest BCUT2D eigenvalue weighted by Gasteiger charge is 2.24. The SMILES string of the molecule is O=C1COc2ccc(S(=O)(=O)NC[C@@H]3CCn4ccnc4C3)cc2N1. The second-order valence-electron chi connectivity index (χ2n) is 6.24. The summed E-state index contributed by atoms with van der Waals surface area (Å²) < 4.78 is 35.1. The maximum Gasteiger partial charge on any atom is 0.262 e. The summed E-state index contributed by atoms with van der Waals surface area (Å²) in [7, 11) is -3.66. The number of sulfonamides is 1. The van der Waals surface area contributed by atoms with E-state index < -0.39 is 10.0 Å². The minimum atomic E-state index is -3.66. The lowest BCUT2D eigenvalue weighted by Gasteiger charge is -2.23. The number of nitrogens with one attached hydrogen (secondary N) is 2.